The lowest BCUT2D eigenvalue weighted by atomic mass is 10.1. The van der Waals surface area contributed by atoms with Crippen LogP contribution in [-0.2, 0) is 12.7 Å². The van der Waals surface area contributed by atoms with Gasteiger partial charge in [-0.25, -0.2) is 9.97 Å². The molecule has 0 spiro atoms. The van der Waals surface area contributed by atoms with Crippen LogP contribution in [0.25, 0.3) is 0 Å². The molecule has 134 valence electrons. The van der Waals surface area contributed by atoms with Crippen molar-refractivity contribution < 1.29 is 17.9 Å². The third-order valence-electron chi connectivity index (χ3n) is 4.19. The lowest BCUT2D eigenvalue weighted by molar-refractivity contribution is -0.138. The molecule has 25 heavy (non-hydrogen) atoms. The predicted molar refractivity (Wildman–Crippen MR) is 87.3 cm³/mol. The Kier molecular flexibility index (Phi) is 5.08. The third kappa shape index (κ3) is 4.39. The molecule has 3 rings (SSSR count). The van der Waals surface area contributed by atoms with E-state index in [2.05, 4.69) is 15.3 Å². The first-order valence-electron chi connectivity index (χ1n) is 7.96. The molecule has 1 atom stereocenters. The number of anilines is 1. The summed E-state index contributed by atoms with van der Waals surface area (Å²) >= 11 is 0. The van der Waals surface area contributed by atoms with Crippen LogP contribution in [0.1, 0.15) is 17.5 Å². The highest BCUT2D eigenvalue weighted by atomic mass is 19.4. The van der Waals surface area contributed by atoms with Crippen molar-refractivity contribution in [2.45, 2.75) is 25.2 Å². The van der Waals surface area contributed by atoms with Crippen LogP contribution in [0.4, 0.5) is 19.0 Å². The number of likely N-dealkylation sites (tertiary alicyclic amines) is 1. The monoisotopic (exact) mass is 352 g/mol. The van der Waals surface area contributed by atoms with Crippen LogP contribution in [0.15, 0.2) is 36.7 Å². The fourth-order valence-corrected chi connectivity index (χ4v) is 3.01. The molecule has 1 saturated heterocycles. The fraction of sp³-hybridized carbons (Fsp3) is 0.412. The minimum absolute atomic E-state index is 0.123. The molecule has 2 heterocycles. The molecule has 1 aromatic heterocycles. The van der Waals surface area contributed by atoms with E-state index in [4.69, 9.17) is 4.74 Å². The number of ether oxygens (including phenoxy) is 1. The van der Waals surface area contributed by atoms with Gasteiger partial charge in [-0.1, -0.05) is 18.2 Å². The van der Waals surface area contributed by atoms with Gasteiger partial charge in [0.25, 0.3) is 0 Å². The van der Waals surface area contributed by atoms with Crippen LogP contribution in [-0.4, -0.2) is 41.1 Å². The summed E-state index contributed by atoms with van der Waals surface area (Å²) in [7, 11) is 1.53. The lowest BCUT2D eigenvalue weighted by Crippen LogP contribution is -2.27. The van der Waals surface area contributed by atoms with Crippen LogP contribution in [0, 0.1) is 0 Å². The smallest absolute Gasteiger partial charge is 0.416 e. The Labute approximate surface area is 143 Å². The third-order valence-corrected chi connectivity index (χ3v) is 4.19. The zero-order chi connectivity index (χ0) is 17.9. The van der Waals surface area contributed by atoms with E-state index in [1.807, 2.05) is 4.90 Å². The highest BCUT2D eigenvalue weighted by molar-refractivity contribution is 5.38. The van der Waals surface area contributed by atoms with Crippen LogP contribution in [0.2, 0.25) is 0 Å². The topological polar surface area (TPSA) is 50.3 Å². The zero-order valence-corrected chi connectivity index (χ0v) is 13.8. The van der Waals surface area contributed by atoms with Crippen LogP contribution in [0.3, 0.4) is 0 Å². The highest BCUT2D eigenvalue weighted by Crippen LogP contribution is 2.32. The van der Waals surface area contributed by atoms with Crippen molar-refractivity contribution in [2.24, 2.45) is 0 Å². The summed E-state index contributed by atoms with van der Waals surface area (Å²) in [5, 5.41) is 3.28. The molecule has 0 radical (unpaired) electrons. The molecule has 8 heteroatoms. The van der Waals surface area contributed by atoms with Gasteiger partial charge in [-0.2, -0.15) is 13.2 Å². The number of alkyl halides is 3. The number of halogens is 3. The molecule has 0 aliphatic carbocycles. The molecule has 0 saturated carbocycles. The predicted octanol–water partition coefficient (Wildman–Crippen LogP) is 3.19. The van der Waals surface area contributed by atoms with Crippen molar-refractivity contribution >= 4 is 5.82 Å². The second-order valence-corrected chi connectivity index (χ2v) is 5.97. The second-order valence-electron chi connectivity index (χ2n) is 5.97. The van der Waals surface area contributed by atoms with Gasteiger partial charge in [0.1, 0.15) is 12.1 Å². The molecule has 2 aromatic rings. The molecule has 0 bridgehead atoms. The number of methoxy groups -OCH3 is 1. The molecule has 1 aliphatic heterocycles. The minimum Gasteiger partial charge on any atom is -0.481 e. The van der Waals surface area contributed by atoms with E-state index >= 15 is 0 Å². The highest BCUT2D eigenvalue weighted by Gasteiger charge is 2.34. The van der Waals surface area contributed by atoms with Crippen molar-refractivity contribution in [2.75, 3.05) is 25.5 Å². The Morgan fingerprint density at radius 1 is 1.28 bits per heavy atom. The van der Waals surface area contributed by atoms with Crippen LogP contribution >= 0.6 is 0 Å². The molecular formula is C17H19F3N4O. The molecule has 1 N–H and O–H groups in total. The lowest BCUT2D eigenvalue weighted by Gasteiger charge is -2.20. The normalized spacial score (nSPS) is 18.3. The van der Waals surface area contributed by atoms with E-state index in [1.165, 1.54) is 19.5 Å². The van der Waals surface area contributed by atoms with Gasteiger partial charge in [-0.05, 0) is 18.1 Å². The van der Waals surface area contributed by atoms with E-state index in [9.17, 15) is 13.2 Å². The summed E-state index contributed by atoms with van der Waals surface area (Å²) in [5.41, 5.74) is -0.258. The van der Waals surface area contributed by atoms with Gasteiger partial charge in [0.05, 0.1) is 12.7 Å². The number of nitrogens with zero attached hydrogens (tertiary/aromatic N) is 3. The summed E-state index contributed by atoms with van der Waals surface area (Å²) in [5.74, 6) is 1.11. The summed E-state index contributed by atoms with van der Waals surface area (Å²) < 4.78 is 44.4. The minimum atomic E-state index is -4.33. The molecule has 5 nitrogen and oxygen atoms in total. The number of benzene rings is 1. The standard InChI is InChI=1S/C17H19F3N4O/c1-25-16-8-15(21-11-22-16)23-13-6-7-24(10-13)9-12-4-2-3-5-14(12)17(18,19)20/h2-5,8,11,13H,6-7,9-10H2,1H3,(H,21,22,23). The quantitative estimate of drug-likeness (QED) is 0.896. The zero-order valence-electron chi connectivity index (χ0n) is 13.8. The SMILES string of the molecule is COc1cc(NC2CCN(Cc3ccccc3C(F)(F)F)C2)ncn1. The van der Waals surface area contributed by atoms with Gasteiger partial charge >= 0.3 is 6.18 Å². The van der Waals surface area contributed by atoms with E-state index in [0.717, 1.165) is 19.0 Å². The molecule has 1 aliphatic rings. The molecule has 0 amide bonds. The molecule has 1 aromatic carbocycles. The summed E-state index contributed by atoms with van der Waals surface area (Å²) in [6.07, 6.45) is -2.08. The van der Waals surface area contributed by atoms with E-state index in [1.54, 1.807) is 18.2 Å². The summed E-state index contributed by atoms with van der Waals surface area (Å²) in [4.78, 5) is 10.1. The first-order chi connectivity index (χ1) is 12.0. The van der Waals surface area contributed by atoms with Gasteiger partial charge in [-0.15, -0.1) is 0 Å². The Hall–Kier alpha value is -2.35. The Morgan fingerprint density at radius 3 is 2.84 bits per heavy atom. The number of hydrogen-bond donors (Lipinski definition) is 1. The number of hydrogen-bond acceptors (Lipinski definition) is 5. The number of rotatable bonds is 5. The number of nitrogens with one attached hydrogen (secondary N) is 1. The van der Waals surface area contributed by atoms with Gasteiger partial charge in [0.2, 0.25) is 5.88 Å². The Bertz CT molecular complexity index is 723. The molecule has 1 fully saturated rings. The van der Waals surface area contributed by atoms with Crippen molar-refractivity contribution in [3.8, 4) is 5.88 Å². The van der Waals surface area contributed by atoms with Gasteiger partial charge in [0.15, 0.2) is 0 Å². The van der Waals surface area contributed by atoms with Gasteiger partial charge in [-0.3, -0.25) is 4.90 Å². The largest absolute Gasteiger partial charge is 0.481 e. The molecular weight excluding hydrogens is 333 g/mol. The molecule has 1 unspecified atom stereocenters. The maximum Gasteiger partial charge on any atom is 0.416 e. The second kappa shape index (κ2) is 7.26. The number of aromatic nitrogens is 2. The maximum absolute atomic E-state index is 13.1. The van der Waals surface area contributed by atoms with Crippen molar-refractivity contribution in [3.05, 3.63) is 47.8 Å². The summed E-state index contributed by atoms with van der Waals surface area (Å²) in [6, 6.07) is 7.55. The Balaban J connectivity index is 1.62. The first kappa shape index (κ1) is 17.5. The van der Waals surface area contributed by atoms with E-state index < -0.39 is 11.7 Å². The average molecular weight is 352 g/mol. The Morgan fingerprint density at radius 2 is 2.08 bits per heavy atom. The van der Waals surface area contributed by atoms with E-state index in [0.29, 0.717) is 23.8 Å². The maximum atomic E-state index is 13.1. The first-order valence-corrected chi connectivity index (χ1v) is 7.96. The fourth-order valence-electron chi connectivity index (χ4n) is 3.01. The van der Waals surface area contributed by atoms with Crippen molar-refractivity contribution in [3.63, 3.8) is 0 Å². The van der Waals surface area contributed by atoms with Crippen molar-refractivity contribution in [1.29, 1.82) is 0 Å². The average Bonchev–Trinajstić information content (AvgIpc) is 3.01. The van der Waals surface area contributed by atoms with Gasteiger partial charge < -0.3 is 10.1 Å². The van der Waals surface area contributed by atoms with Gasteiger partial charge in [0, 0.05) is 31.7 Å². The van der Waals surface area contributed by atoms with E-state index in [-0.39, 0.29) is 12.6 Å². The van der Waals surface area contributed by atoms with Crippen LogP contribution in [0.5, 0.6) is 5.88 Å². The van der Waals surface area contributed by atoms with Crippen LogP contribution < -0.4 is 10.1 Å². The summed E-state index contributed by atoms with van der Waals surface area (Å²) in [6.45, 7) is 1.66. The van der Waals surface area contributed by atoms with Crippen molar-refractivity contribution in [1.82, 2.24) is 14.9 Å².